The molecule has 2 N–H and O–H groups in total. The van der Waals surface area contributed by atoms with Gasteiger partial charge in [-0.2, -0.15) is 5.10 Å². The molecule has 0 fully saturated rings. The first kappa shape index (κ1) is 24.5. The third-order valence-corrected chi connectivity index (χ3v) is 6.06. The number of rotatable bonds is 9. The van der Waals surface area contributed by atoms with Gasteiger partial charge in [-0.05, 0) is 54.8 Å². The standard InChI is InChI=1S/C26H27ClN4O4/c1-3-5-14-35-26(34)17-8-12-19(13-9-17)28-22(32)15-21-25(33)29-24-23(20(4-2)30-31(21)24)16-6-10-18(27)11-7-16/h6-13,21H,3-5,14-15H2,1-2H3,(H,28,32)(H,29,33). The summed E-state index contributed by atoms with van der Waals surface area (Å²) in [5.41, 5.74) is 3.50. The van der Waals surface area contributed by atoms with E-state index in [2.05, 4.69) is 15.7 Å². The molecule has 0 aliphatic carbocycles. The number of esters is 1. The Morgan fingerprint density at radius 2 is 1.83 bits per heavy atom. The number of amides is 2. The predicted molar refractivity (Wildman–Crippen MR) is 135 cm³/mol. The number of hydrogen-bond donors (Lipinski definition) is 2. The van der Waals surface area contributed by atoms with Crippen LogP contribution in [0.1, 0.15) is 55.2 Å². The molecule has 9 heteroatoms. The van der Waals surface area contributed by atoms with Crippen LogP contribution in [0.3, 0.4) is 0 Å². The molecule has 2 aromatic carbocycles. The van der Waals surface area contributed by atoms with Gasteiger partial charge in [-0.15, -0.1) is 0 Å². The number of carbonyl (C=O) groups excluding carboxylic acids is 3. The second-order valence-electron chi connectivity index (χ2n) is 8.30. The average Bonchev–Trinajstić information content (AvgIpc) is 3.35. The van der Waals surface area contributed by atoms with Crippen molar-refractivity contribution in [1.82, 2.24) is 9.78 Å². The number of halogens is 1. The molecule has 0 spiro atoms. The highest BCUT2D eigenvalue weighted by molar-refractivity contribution is 6.30. The number of benzene rings is 2. The fraction of sp³-hybridized carbons (Fsp3) is 0.308. The SMILES string of the molecule is CCCCOC(=O)c1ccc(NC(=O)CC2C(=O)Nc3c(-c4ccc(Cl)cc4)c(CC)nn32)cc1. The number of fused-ring (bicyclic) bond motifs is 1. The lowest BCUT2D eigenvalue weighted by Gasteiger charge is -2.11. The first-order chi connectivity index (χ1) is 16.9. The number of hydrogen-bond acceptors (Lipinski definition) is 5. The maximum Gasteiger partial charge on any atom is 0.338 e. The van der Waals surface area contributed by atoms with Gasteiger partial charge in [-0.1, -0.05) is 44.0 Å². The molecule has 4 rings (SSSR count). The summed E-state index contributed by atoms with van der Waals surface area (Å²) in [6, 6.07) is 13.1. The second kappa shape index (κ2) is 10.7. The van der Waals surface area contributed by atoms with E-state index in [0.717, 1.165) is 29.7 Å². The van der Waals surface area contributed by atoms with E-state index in [9.17, 15) is 14.4 Å². The van der Waals surface area contributed by atoms with Crippen LogP contribution in [0.4, 0.5) is 11.5 Å². The fourth-order valence-corrected chi connectivity index (χ4v) is 4.08. The van der Waals surface area contributed by atoms with E-state index >= 15 is 0 Å². The molecule has 2 amide bonds. The molecule has 0 bridgehead atoms. The van der Waals surface area contributed by atoms with Gasteiger partial charge in [0, 0.05) is 16.3 Å². The first-order valence-electron chi connectivity index (χ1n) is 11.7. The molecule has 2 heterocycles. The van der Waals surface area contributed by atoms with Gasteiger partial charge in [-0.25, -0.2) is 9.48 Å². The highest BCUT2D eigenvalue weighted by atomic mass is 35.5. The number of aryl methyl sites for hydroxylation is 1. The van der Waals surface area contributed by atoms with Gasteiger partial charge in [0.15, 0.2) is 0 Å². The van der Waals surface area contributed by atoms with Crippen LogP contribution in [0.15, 0.2) is 48.5 Å². The summed E-state index contributed by atoms with van der Waals surface area (Å²) in [6.07, 6.45) is 2.34. The molecule has 3 aromatic rings. The maximum atomic E-state index is 12.7. The summed E-state index contributed by atoms with van der Waals surface area (Å²) < 4.78 is 6.79. The summed E-state index contributed by atoms with van der Waals surface area (Å²) in [4.78, 5) is 37.5. The second-order valence-corrected chi connectivity index (χ2v) is 8.74. The van der Waals surface area contributed by atoms with Crippen LogP contribution in [0.2, 0.25) is 5.02 Å². The van der Waals surface area contributed by atoms with E-state index in [1.807, 2.05) is 26.0 Å². The van der Waals surface area contributed by atoms with Crippen molar-refractivity contribution < 1.29 is 19.1 Å². The Balaban J connectivity index is 1.45. The maximum absolute atomic E-state index is 12.7. The molecule has 182 valence electrons. The van der Waals surface area contributed by atoms with Crippen molar-refractivity contribution in [2.24, 2.45) is 0 Å². The molecule has 0 saturated carbocycles. The Morgan fingerprint density at radius 3 is 2.49 bits per heavy atom. The molecule has 1 aliphatic rings. The van der Waals surface area contributed by atoms with Crippen molar-refractivity contribution in [2.45, 2.75) is 45.6 Å². The minimum absolute atomic E-state index is 0.0788. The van der Waals surface area contributed by atoms with Crippen molar-refractivity contribution in [3.8, 4) is 11.1 Å². The highest BCUT2D eigenvalue weighted by Crippen LogP contribution is 2.39. The average molecular weight is 495 g/mol. The van der Waals surface area contributed by atoms with Crippen LogP contribution < -0.4 is 10.6 Å². The summed E-state index contributed by atoms with van der Waals surface area (Å²) in [6.45, 7) is 4.39. The third-order valence-electron chi connectivity index (χ3n) is 5.80. The Labute approximate surface area is 208 Å². The molecular weight excluding hydrogens is 468 g/mol. The minimum Gasteiger partial charge on any atom is -0.462 e. The minimum atomic E-state index is -0.760. The summed E-state index contributed by atoms with van der Waals surface area (Å²) in [5, 5.41) is 10.9. The lowest BCUT2D eigenvalue weighted by molar-refractivity contribution is -0.123. The summed E-state index contributed by atoms with van der Waals surface area (Å²) >= 11 is 6.03. The number of anilines is 2. The zero-order chi connectivity index (χ0) is 24.9. The first-order valence-corrected chi connectivity index (χ1v) is 12.0. The predicted octanol–water partition coefficient (Wildman–Crippen LogP) is 5.24. The van der Waals surface area contributed by atoms with Crippen LogP contribution >= 0.6 is 11.6 Å². The Morgan fingerprint density at radius 1 is 1.11 bits per heavy atom. The van der Waals surface area contributed by atoms with E-state index in [1.165, 1.54) is 0 Å². The molecule has 1 aromatic heterocycles. The highest BCUT2D eigenvalue weighted by Gasteiger charge is 2.36. The number of nitrogens with zero attached hydrogens (tertiary/aromatic N) is 2. The van der Waals surface area contributed by atoms with Gasteiger partial charge >= 0.3 is 5.97 Å². The van der Waals surface area contributed by atoms with Gasteiger partial charge in [0.2, 0.25) is 5.91 Å². The zero-order valence-corrected chi connectivity index (χ0v) is 20.4. The molecule has 35 heavy (non-hydrogen) atoms. The monoisotopic (exact) mass is 494 g/mol. The van der Waals surface area contributed by atoms with Crippen LogP contribution in [0.25, 0.3) is 11.1 Å². The van der Waals surface area contributed by atoms with Crippen molar-refractivity contribution >= 4 is 40.9 Å². The third kappa shape index (κ3) is 5.38. The van der Waals surface area contributed by atoms with Crippen molar-refractivity contribution in [3.05, 3.63) is 64.8 Å². The van der Waals surface area contributed by atoms with Crippen molar-refractivity contribution in [2.75, 3.05) is 17.2 Å². The topological polar surface area (TPSA) is 102 Å². The van der Waals surface area contributed by atoms with E-state index in [1.54, 1.807) is 41.1 Å². The van der Waals surface area contributed by atoms with Crippen LogP contribution in [-0.4, -0.2) is 34.2 Å². The summed E-state index contributed by atoms with van der Waals surface area (Å²) in [7, 11) is 0. The van der Waals surface area contributed by atoms with Crippen LogP contribution in [-0.2, 0) is 20.7 Å². The number of carbonyl (C=O) groups is 3. The molecular formula is C26H27ClN4O4. The van der Waals surface area contributed by atoms with E-state index < -0.39 is 12.0 Å². The fourth-order valence-electron chi connectivity index (χ4n) is 3.95. The molecule has 0 radical (unpaired) electrons. The van der Waals surface area contributed by atoms with E-state index in [0.29, 0.717) is 35.1 Å². The van der Waals surface area contributed by atoms with E-state index in [4.69, 9.17) is 16.3 Å². The van der Waals surface area contributed by atoms with Gasteiger partial charge in [-0.3, -0.25) is 9.59 Å². The van der Waals surface area contributed by atoms with Crippen molar-refractivity contribution in [3.63, 3.8) is 0 Å². The molecule has 1 atom stereocenters. The van der Waals surface area contributed by atoms with E-state index in [-0.39, 0.29) is 18.2 Å². The molecule has 8 nitrogen and oxygen atoms in total. The Bertz CT molecular complexity index is 1240. The van der Waals surface area contributed by atoms with Crippen molar-refractivity contribution in [1.29, 1.82) is 0 Å². The largest absolute Gasteiger partial charge is 0.462 e. The Kier molecular flexibility index (Phi) is 7.51. The number of nitrogens with one attached hydrogen (secondary N) is 2. The molecule has 1 aliphatic heterocycles. The van der Waals surface area contributed by atoms with Crippen LogP contribution in [0.5, 0.6) is 0 Å². The quantitative estimate of drug-likeness (QED) is 0.312. The smallest absolute Gasteiger partial charge is 0.338 e. The summed E-state index contributed by atoms with van der Waals surface area (Å²) in [5.74, 6) is -0.435. The number of aromatic nitrogens is 2. The van der Waals surface area contributed by atoms with Gasteiger partial charge < -0.3 is 15.4 Å². The van der Waals surface area contributed by atoms with Gasteiger partial charge in [0.1, 0.15) is 11.9 Å². The van der Waals surface area contributed by atoms with Gasteiger partial charge in [0.25, 0.3) is 5.91 Å². The Hall–Kier alpha value is -3.65. The molecule has 0 saturated heterocycles. The number of ether oxygens (including phenoxy) is 1. The number of unbranched alkanes of at least 4 members (excludes halogenated alkanes) is 1. The van der Waals surface area contributed by atoms with Gasteiger partial charge in [0.05, 0.1) is 24.3 Å². The lowest BCUT2D eigenvalue weighted by atomic mass is 10.0. The molecule has 1 unspecified atom stereocenters. The lowest BCUT2D eigenvalue weighted by Crippen LogP contribution is -2.24. The normalized spacial score (nSPS) is 14.4. The zero-order valence-electron chi connectivity index (χ0n) is 19.6. The van der Waals surface area contributed by atoms with Crippen LogP contribution in [0, 0.1) is 0 Å².